The molecule has 0 aliphatic rings. The van der Waals surface area contributed by atoms with E-state index in [0.717, 1.165) is 5.56 Å². The van der Waals surface area contributed by atoms with Crippen molar-refractivity contribution >= 4 is 40.1 Å². The van der Waals surface area contributed by atoms with Crippen LogP contribution in [0.15, 0.2) is 47.8 Å². The van der Waals surface area contributed by atoms with Crippen LogP contribution in [0, 0.1) is 0 Å². The molecule has 1 atom stereocenters. The van der Waals surface area contributed by atoms with Gasteiger partial charge < -0.3 is 25.2 Å². The third kappa shape index (κ3) is 5.98. The molecule has 0 aliphatic carbocycles. The number of anilines is 2. The van der Waals surface area contributed by atoms with Crippen LogP contribution in [0.5, 0.6) is 11.5 Å². The molecule has 3 aromatic rings. The molecule has 2 aromatic carbocycles. The van der Waals surface area contributed by atoms with Gasteiger partial charge in [0.25, 0.3) is 5.91 Å². The summed E-state index contributed by atoms with van der Waals surface area (Å²) in [5, 5.41) is 18.6. The Morgan fingerprint density at radius 2 is 1.85 bits per heavy atom. The first-order chi connectivity index (χ1) is 15.8. The first-order valence-electron chi connectivity index (χ1n) is 9.70. The first-order valence-corrected chi connectivity index (χ1v) is 10.6. The molecule has 11 heteroatoms. The van der Waals surface area contributed by atoms with E-state index in [0.29, 0.717) is 28.0 Å². The average molecular weight is 471 g/mol. The Morgan fingerprint density at radius 3 is 2.55 bits per heavy atom. The maximum Gasteiger partial charge on any atom is 0.325 e. The molecule has 10 nitrogen and oxygen atoms in total. The Morgan fingerprint density at radius 1 is 1.06 bits per heavy atom. The van der Waals surface area contributed by atoms with Gasteiger partial charge in [0.1, 0.15) is 17.5 Å². The molecule has 3 amide bonds. The Balaban J connectivity index is 1.71. The van der Waals surface area contributed by atoms with E-state index in [1.54, 1.807) is 56.0 Å². The van der Waals surface area contributed by atoms with Crippen molar-refractivity contribution in [2.45, 2.75) is 13.0 Å². The number of hydrogen-bond acceptors (Lipinski definition) is 7. The number of aromatic nitrogens is 1. The fourth-order valence-corrected chi connectivity index (χ4v) is 3.51. The molecule has 4 N–H and O–H groups in total. The van der Waals surface area contributed by atoms with Crippen LogP contribution < -0.4 is 25.4 Å². The van der Waals surface area contributed by atoms with Crippen molar-refractivity contribution in [1.29, 1.82) is 0 Å². The number of carboxylic acids is 1. The van der Waals surface area contributed by atoms with E-state index in [1.807, 2.05) is 0 Å². The first kappa shape index (κ1) is 23.5. The number of hydrogen-bond donors (Lipinski definition) is 4. The normalized spacial score (nSPS) is 11.2. The molecule has 0 radical (unpaired) electrons. The second-order valence-electron chi connectivity index (χ2n) is 6.80. The summed E-state index contributed by atoms with van der Waals surface area (Å²) in [6.07, 6.45) is 0. The molecule has 0 saturated heterocycles. The predicted octanol–water partition coefficient (Wildman–Crippen LogP) is 3.67. The lowest BCUT2D eigenvalue weighted by Gasteiger charge is -2.11. The summed E-state index contributed by atoms with van der Waals surface area (Å²) in [6.45, 7) is 1.34. The highest BCUT2D eigenvalue weighted by molar-refractivity contribution is 7.14. The number of urea groups is 1. The van der Waals surface area contributed by atoms with Gasteiger partial charge in [-0.05, 0) is 43.3 Å². The minimum atomic E-state index is -1.16. The molecule has 1 heterocycles. The van der Waals surface area contributed by atoms with E-state index in [4.69, 9.17) is 14.6 Å². The van der Waals surface area contributed by atoms with E-state index in [1.165, 1.54) is 24.3 Å². The number of nitrogens with one attached hydrogen (secondary N) is 3. The van der Waals surface area contributed by atoms with Crippen LogP contribution in [-0.4, -0.2) is 48.3 Å². The highest BCUT2D eigenvalue weighted by Crippen LogP contribution is 2.35. The zero-order chi connectivity index (χ0) is 24.0. The van der Waals surface area contributed by atoms with Crippen molar-refractivity contribution < 1.29 is 29.0 Å². The summed E-state index contributed by atoms with van der Waals surface area (Å²) >= 11 is 1.25. The molecule has 0 saturated carbocycles. The Kier molecular flexibility index (Phi) is 7.46. The molecule has 0 bridgehead atoms. The fourth-order valence-electron chi connectivity index (χ4n) is 2.80. The maximum absolute atomic E-state index is 12.7. The van der Waals surface area contributed by atoms with Crippen molar-refractivity contribution in [3.63, 3.8) is 0 Å². The Hall–Kier alpha value is -4.12. The standard InChI is InChI=1S/C22H22N4O6S/c1-12(20(28)29)23-21(30)24-14-6-4-5-13(9-14)19(27)26-22-25-17(11-33-22)16-10-15(31-2)7-8-18(16)32-3/h4-12H,1-3H3,(H,28,29)(H2,23,24,30)(H,25,26,27). The van der Waals surface area contributed by atoms with Gasteiger partial charge in [0, 0.05) is 22.2 Å². The zero-order valence-electron chi connectivity index (χ0n) is 18.0. The van der Waals surface area contributed by atoms with Crippen molar-refractivity contribution in [3.8, 4) is 22.8 Å². The van der Waals surface area contributed by atoms with Gasteiger partial charge in [0.05, 0.1) is 19.9 Å². The van der Waals surface area contributed by atoms with E-state index in [2.05, 4.69) is 20.9 Å². The molecule has 1 aromatic heterocycles. The van der Waals surface area contributed by atoms with Crippen LogP contribution in [0.2, 0.25) is 0 Å². The van der Waals surface area contributed by atoms with Gasteiger partial charge in [-0.25, -0.2) is 9.78 Å². The van der Waals surface area contributed by atoms with Gasteiger partial charge in [0.2, 0.25) is 0 Å². The highest BCUT2D eigenvalue weighted by Gasteiger charge is 2.16. The third-order valence-corrected chi connectivity index (χ3v) is 5.27. The Labute approximate surface area is 193 Å². The van der Waals surface area contributed by atoms with Gasteiger partial charge in [-0.1, -0.05) is 6.07 Å². The van der Waals surface area contributed by atoms with Gasteiger partial charge in [-0.3, -0.25) is 14.9 Å². The summed E-state index contributed by atoms with van der Waals surface area (Å²) < 4.78 is 10.7. The van der Waals surface area contributed by atoms with E-state index < -0.39 is 23.9 Å². The second kappa shape index (κ2) is 10.5. The van der Waals surface area contributed by atoms with Crippen LogP contribution >= 0.6 is 11.3 Å². The number of amides is 3. The number of carbonyl (C=O) groups excluding carboxylic acids is 2. The smallest absolute Gasteiger partial charge is 0.325 e. The van der Waals surface area contributed by atoms with Crippen molar-refractivity contribution in [2.24, 2.45) is 0 Å². The zero-order valence-corrected chi connectivity index (χ0v) is 18.9. The minimum Gasteiger partial charge on any atom is -0.497 e. The van der Waals surface area contributed by atoms with Crippen molar-refractivity contribution in [2.75, 3.05) is 24.9 Å². The van der Waals surface area contributed by atoms with Crippen LogP contribution in [0.1, 0.15) is 17.3 Å². The SMILES string of the molecule is COc1ccc(OC)c(-c2csc(NC(=O)c3cccc(NC(=O)NC(C)C(=O)O)c3)n2)c1. The molecule has 172 valence electrons. The largest absolute Gasteiger partial charge is 0.497 e. The van der Waals surface area contributed by atoms with Crippen LogP contribution in [0.25, 0.3) is 11.3 Å². The number of methoxy groups -OCH3 is 2. The highest BCUT2D eigenvalue weighted by atomic mass is 32.1. The Bertz CT molecular complexity index is 1180. The van der Waals surface area contributed by atoms with E-state index in [-0.39, 0.29) is 5.56 Å². The lowest BCUT2D eigenvalue weighted by atomic mass is 10.1. The molecular formula is C22H22N4O6S. The van der Waals surface area contributed by atoms with Gasteiger partial charge in [-0.15, -0.1) is 11.3 Å². The van der Waals surface area contributed by atoms with Crippen LogP contribution in [0.3, 0.4) is 0 Å². The maximum atomic E-state index is 12.7. The molecule has 0 fully saturated rings. The molecule has 1 unspecified atom stereocenters. The molecular weight excluding hydrogens is 448 g/mol. The topological polar surface area (TPSA) is 139 Å². The number of carboxylic acid groups (broad SMARTS) is 1. The van der Waals surface area contributed by atoms with Crippen LogP contribution in [-0.2, 0) is 4.79 Å². The van der Waals surface area contributed by atoms with E-state index >= 15 is 0 Å². The minimum absolute atomic E-state index is 0.287. The van der Waals surface area contributed by atoms with Gasteiger partial charge >= 0.3 is 12.0 Å². The summed E-state index contributed by atoms with van der Waals surface area (Å²) in [4.78, 5) is 39.9. The number of aliphatic carboxylic acids is 1. The quantitative estimate of drug-likeness (QED) is 0.394. The average Bonchev–Trinajstić information content (AvgIpc) is 3.26. The lowest BCUT2D eigenvalue weighted by Crippen LogP contribution is -2.40. The molecule has 0 spiro atoms. The third-order valence-electron chi connectivity index (χ3n) is 4.51. The number of nitrogens with zero attached hydrogens (tertiary/aromatic N) is 1. The number of benzene rings is 2. The van der Waals surface area contributed by atoms with Gasteiger partial charge in [0.15, 0.2) is 5.13 Å². The summed E-state index contributed by atoms with van der Waals surface area (Å²) in [5.41, 5.74) is 1.96. The summed E-state index contributed by atoms with van der Waals surface area (Å²) in [7, 11) is 3.13. The second-order valence-corrected chi connectivity index (χ2v) is 7.66. The van der Waals surface area contributed by atoms with Crippen molar-refractivity contribution in [1.82, 2.24) is 10.3 Å². The van der Waals surface area contributed by atoms with Gasteiger partial charge in [-0.2, -0.15) is 0 Å². The summed E-state index contributed by atoms with van der Waals surface area (Å²) in [6, 6.07) is 9.83. The lowest BCUT2D eigenvalue weighted by molar-refractivity contribution is -0.138. The summed E-state index contributed by atoms with van der Waals surface area (Å²) in [5.74, 6) is -0.312. The molecule has 3 rings (SSSR count). The van der Waals surface area contributed by atoms with E-state index in [9.17, 15) is 14.4 Å². The fraction of sp³-hybridized carbons (Fsp3) is 0.182. The monoisotopic (exact) mass is 470 g/mol. The number of rotatable bonds is 8. The number of carbonyl (C=O) groups is 3. The van der Waals surface area contributed by atoms with Crippen molar-refractivity contribution in [3.05, 3.63) is 53.4 Å². The number of thiazole rings is 1. The predicted molar refractivity (Wildman–Crippen MR) is 124 cm³/mol. The number of ether oxygens (including phenoxy) is 2. The molecule has 33 heavy (non-hydrogen) atoms. The molecule has 0 aliphatic heterocycles. The van der Waals surface area contributed by atoms with Crippen LogP contribution in [0.4, 0.5) is 15.6 Å².